The first-order valence-electron chi connectivity index (χ1n) is 9.02. The molecule has 1 aliphatic rings. The van der Waals surface area contributed by atoms with E-state index in [1.165, 1.54) is 5.56 Å². The quantitative estimate of drug-likeness (QED) is 0.508. The average Bonchev–Trinajstić information content (AvgIpc) is 3.06. The normalized spacial score (nSPS) is 16.7. The van der Waals surface area contributed by atoms with E-state index in [0.717, 1.165) is 33.0 Å². The van der Waals surface area contributed by atoms with Crippen molar-refractivity contribution in [3.8, 4) is 5.75 Å². The van der Waals surface area contributed by atoms with Crippen LogP contribution in [0, 0.1) is 12.1 Å². The van der Waals surface area contributed by atoms with Crippen LogP contribution in [-0.4, -0.2) is 24.1 Å². The number of rotatable bonds is 4. The fraction of sp³-hybridized carbons (Fsp3) is 0.174. The Labute approximate surface area is 159 Å². The molecular weight excluding hydrogens is 336 g/mol. The Bertz CT molecular complexity index is 948. The Morgan fingerprint density at radius 3 is 2.22 bits per heavy atom. The molecule has 4 nitrogen and oxygen atoms in total. The topological polar surface area (TPSA) is 38.5 Å². The second-order valence-electron chi connectivity index (χ2n) is 6.75. The Morgan fingerprint density at radius 2 is 1.59 bits per heavy atom. The molecule has 1 heterocycles. The molecule has 0 fully saturated rings. The van der Waals surface area contributed by atoms with E-state index >= 15 is 0 Å². The van der Waals surface area contributed by atoms with Crippen LogP contribution in [-0.2, 0) is 0 Å². The van der Waals surface area contributed by atoms with Crippen LogP contribution in [0.2, 0.25) is 0 Å². The highest BCUT2D eigenvalue weighted by molar-refractivity contribution is 6.01. The first kappa shape index (κ1) is 17.2. The van der Waals surface area contributed by atoms with E-state index < -0.39 is 6.17 Å². The maximum absolute atomic E-state index is 13.3. The van der Waals surface area contributed by atoms with Crippen LogP contribution >= 0.6 is 0 Å². The van der Waals surface area contributed by atoms with Crippen molar-refractivity contribution in [1.29, 1.82) is 0 Å². The highest BCUT2D eigenvalue weighted by atomic mass is 16.5. The molecule has 0 radical (unpaired) electrons. The first-order valence-corrected chi connectivity index (χ1v) is 9.02. The number of hydrogen-bond donors (Lipinski definition) is 0. The van der Waals surface area contributed by atoms with E-state index in [1.54, 1.807) is 7.11 Å². The van der Waals surface area contributed by atoms with Gasteiger partial charge in [0.05, 0.1) is 7.11 Å². The lowest BCUT2D eigenvalue weighted by molar-refractivity contribution is -0.497. The number of methoxy groups -OCH3 is 1. The van der Waals surface area contributed by atoms with Gasteiger partial charge in [0.15, 0.2) is 0 Å². The fourth-order valence-electron chi connectivity index (χ4n) is 3.50. The SMILES string of the molecule is COc1ccc(C2N(c3ccc(C)cc3)CC(c3ccccc3)=[N+]2[O-])cc1. The van der Waals surface area contributed by atoms with Crippen molar-refractivity contribution < 1.29 is 9.48 Å². The molecule has 1 aliphatic heterocycles. The lowest BCUT2D eigenvalue weighted by Crippen LogP contribution is -2.28. The second-order valence-corrected chi connectivity index (χ2v) is 6.75. The minimum absolute atomic E-state index is 0.409. The zero-order valence-electron chi connectivity index (χ0n) is 15.5. The molecule has 0 bridgehead atoms. The molecule has 27 heavy (non-hydrogen) atoms. The van der Waals surface area contributed by atoms with Gasteiger partial charge < -0.3 is 9.94 Å². The van der Waals surface area contributed by atoms with E-state index in [2.05, 4.69) is 36.1 Å². The molecule has 136 valence electrons. The number of hydroxylamine groups is 1. The van der Waals surface area contributed by atoms with Gasteiger partial charge in [-0.25, -0.2) is 0 Å². The van der Waals surface area contributed by atoms with Crippen LogP contribution in [0.5, 0.6) is 5.75 Å². The highest BCUT2D eigenvalue weighted by Gasteiger charge is 2.38. The number of nitrogens with zero attached hydrogens (tertiary/aromatic N) is 2. The summed E-state index contributed by atoms with van der Waals surface area (Å²) in [6, 6.07) is 25.9. The molecule has 0 spiro atoms. The molecule has 3 aromatic rings. The van der Waals surface area contributed by atoms with Gasteiger partial charge in [-0.3, -0.25) is 4.90 Å². The Balaban J connectivity index is 1.79. The van der Waals surface area contributed by atoms with Gasteiger partial charge in [0, 0.05) is 16.8 Å². The minimum Gasteiger partial charge on any atom is -0.622 e. The largest absolute Gasteiger partial charge is 0.622 e. The fourth-order valence-corrected chi connectivity index (χ4v) is 3.50. The molecule has 4 rings (SSSR count). The summed E-state index contributed by atoms with van der Waals surface area (Å²) in [5, 5.41) is 13.3. The summed E-state index contributed by atoms with van der Waals surface area (Å²) in [5.41, 5.74) is 4.91. The van der Waals surface area contributed by atoms with Crippen molar-refractivity contribution in [2.45, 2.75) is 13.1 Å². The van der Waals surface area contributed by atoms with Gasteiger partial charge in [-0.2, -0.15) is 4.74 Å². The summed E-state index contributed by atoms with van der Waals surface area (Å²) in [6.45, 7) is 2.63. The van der Waals surface area contributed by atoms with Gasteiger partial charge in [-0.15, -0.1) is 0 Å². The summed E-state index contributed by atoms with van der Waals surface area (Å²) in [6.07, 6.45) is -0.409. The van der Waals surface area contributed by atoms with Crippen LogP contribution in [0.4, 0.5) is 5.69 Å². The number of benzene rings is 3. The monoisotopic (exact) mass is 358 g/mol. The van der Waals surface area contributed by atoms with E-state index in [-0.39, 0.29) is 0 Å². The number of anilines is 1. The van der Waals surface area contributed by atoms with Gasteiger partial charge in [0.2, 0.25) is 5.71 Å². The summed E-state index contributed by atoms with van der Waals surface area (Å²) in [7, 11) is 1.64. The zero-order valence-corrected chi connectivity index (χ0v) is 15.5. The highest BCUT2D eigenvalue weighted by Crippen LogP contribution is 2.33. The standard InChI is InChI=1S/C23H22N2O2/c1-17-8-12-20(13-9-17)24-16-22(18-6-4-3-5-7-18)25(26)23(24)19-10-14-21(27-2)15-11-19/h3-15,23H,16H2,1-2H3. The van der Waals surface area contributed by atoms with Crippen molar-refractivity contribution in [3.63, 3.8) is 0 Å². The van der Waals surface area contributed by atoms with E-state index in [0.29, 0.717) is 6.54 Å². The van der Waals surface area contributed by atoms with Crippen molar-refractivity contribution in [2.75, 3.05) is 18.6 Å². The maximum Gasteiger partial charge on any atom is 0.266 e. The molecule has 3 aromatic carbocycles. The predicted octanol–water partition coefficient (Wildman–Crippen LogP) is 4.52. The smallest absolute Gasteiger partial charge is 0.266 e. The van der Waals surface area contributed by atoms with Gasteiger partial charge >= 0.3 is 0 Å². The molecular formula is C23H22N2O2. The van der Waals surface area contributed by atoms with Crippen molar-refractivity contribution in [2.24, 2.45) is 0 Å². The molecule has 0 aliphatic carbocycles. The third kappa shape index (κ3) is 3.26. The van der Waals surface area contributed by atoms with Crippen LogP contribution in [0.1, 0.15) is 22.9 Å². The second kappa shape index (κ2) is 7.16. The third-order valence-electron chi connectivity index (χ3n) is 4.99. The minimum atomic E-state index is -0.409. The molecule has 0 N–H and O–H groups in total. The Morgan fingerprint density at radius 1 is 0.926 bits per heavy atom. The average molecular weight is 358 g/mol. The molecule has 4 heteroatoms. The Hall–Kier alpha value is -3.27. The van der Waals surface area contributed by atoms with E-state index in [9.17, 15) is 5.21 Å². The number of aryl methyl sites for hydroxylation is 1. The lowest BCUT2D eigenvalue weighted by Gasteiger charge is -2.24. The summed E-state index contributed by atoms with van der Waals surface area (Å²) in [4.78, 5) is 2.15. The first-order chi connectivity index (χ1) is 13.2. The molecule has 0 aromatic heterocycles. The molecule has 0 saturated heterocycles. The predicted molar refractivity (Wildman–Crippen MR) is 108 cm³/mol. The van der Waals surface area contributed by atoms with Gasteiger partial charge in [-0.1, -0.05) is 35.9 Å². The van der Waals surface area contributed by atoms with Crippen molar-refractivity contribution in [1.82, 2.24) is 0 Å². The lowest BCUT2D eigenvalue weighted by atomic mass is 10.1. The summed E-state index contributed by atoms with van der Waals surface area (Å²) >= 11 is 0. The van der Waals surface area contributed by atoms with Crippen molar-refractivity contribution >= 4 is 11.4 Å². The zero-order chi connectivity index (χ0) is 18.8. The van der Waals surface area contributed by atoms with Gasteiger partial charge in [0.25, 0.3) is 6.17 Å². The van der Waals surface area contributed by atoms with E-state index in [1.807, 2.05) is 54.6 Å². The number of hydrogen-bond acceptors (Lipinski definition) is 3. The van der Waals surface area contributed by atoms with E-state index in [4.69, 9.17) is 4.74 Å². The third-order valence-corrected chi connectivity index (χ3v) is 4.99. The van der Waals surface area contributed by atoms with Gasteiger partial charge in [0.1, 0.15) is 12.3 Å². The summed E-state index contributed by atoms with van der Waals surface area (Å²) in [5.74, 6) is 0.781. The Kier molecular flexibility index (Phi) is 4.55. The van der Waals surface area contributed by atoms with Crippen LogP contribution in [0.25, 0.3) is 0 Å². The summed E-state index contributed by atoms with van der Waals surface area (Å²) < 4.78 is 6.40. The van der Waals surface area contributed by atoms with Gasteiger partial charge in [-0.05, 0) is 55.5 Å². The molecule has 0 saturated carbocycles. The molecule has 1 atom stereocenters. The van der Waals surface area contributed by atoms with Crippen LogP contribution in [0.15, 0.2) is 78.9 Å². The van der Waals surface area contributed by atoms with Crippen molar-refractivity contribution in [3.05, 3.63) is 101 Å². The molecule has 1 unspecified atom stereocenters. The molecule has 0 amide bonds. The van der Waals surface area contributed by atoms with Crippen LogP contribution in [0.3, 0.4) is 0 Å². The number of ether oxygens (including phenoxy) is 1. The maximum atomic E-state index is 13.3. The van der Waals surface area contributed by atoms with Crippen LogP contribution < -0.4 is 9.64 Å².